The summed E-state index contributed by atoms with van der Waals surface area (Å²) in [5.41, 5.74) is 1.25. The third kappa shape index (κ3) is 17.1. The van der Waals surface area contributed by atoms with E-state index in [2.05, 4.69) is 20.6 Å². The van der Waals surface area contributed by atoms with Crippen LogP contribution in [0.15, 0.2) is 20.6 Å². The van der Waals surface area contributed by atoms with Gasteiger partial charge in [0.15, 0.2) is 0 Å². The second kappa shape index (κ2) is 17.1. The van der Waals surface area contributed by atoms with Gasteiger partial charge >= 0.3 is 34.5 Å². The fourth-order valence-electron chi connectivity index (χ4n) is 0.289. The van der Waals surface area contributed by atoms with Crippen molar-refractivity contribution in [1.29, 1.82) is 0 Å². The van der Waals surface area contributed by atoms with Crippen LogP contribution in [0.3, 0.4) is 0 Å². The summed E-state index contributed by atoms with van der Waals surface area (Å²) >= 11 is -0.226. The summed E-state index contributed by atoms with van der Waals surface area (Å²) in [6.07, 6.45) is 0. The summed E-state index contributed by atoms with van der Waals surface area (Å²) in [5.74, 6) is 0. The third-order valence-corrected chi connectivity index (χ3v) is 1.65. The Hall–Kier alpha value is -0.917. The van der Waals surface area contributed by atoms with Crippen LogP contribution in [0.25, 0.3) is 0 Å². The van der Waals surface area contributed by atoms with Gasteiger partial charge < -0.3 is 20.8 Å². The molecule has 0 fully saturated rings. The Morgan fingerprint density at radius 2 is 0.737 bits per heavy atom. The van der Waals surface area contributed by atoms with Crippen LogP contribution in [-0.2, 0) is 15.1 Å². The summed E-state index contributed by atoms with van der Waals surface area (Å²) < 4.78 is 0. The van der Waals surface area contributed by atoms with E-state index >= 15 is 0 Å². The van der Waals surface area contributed by atoms with Crippen LogP contribution in [-0.4, -0.2) is 43.7 Å². The molecule has 0 unspecified atom stereocenters. The molecule has 0 atom stereocenters. The maximum atomic E-state index is 8.03. The Bertz CT molecular complexity index is 284. The summed E-state index contributed by atoms with van der Waals surface area (Å²) in [6.45, 7) is 6.15. The molecule has 0 aromatic rings. The van der Waals surface area contributed by atoms with Crippen LogP contribution in [0.5, 0.6) is 0 Å². The number of oxime groups is 4. The monoisotopic (exact) mass is 405 g/mol. The predicted octanol–water partition coefficient (Wildman–Crippen LogP) is 2.75. The zero-order chi connectivity index (χ0) is 15.8. The Kier molecular flexibility index (Phi) is 20.9. The molecule has 0 saturated heterocycles. The van der Waals surface area contributed by atoms with Gasteiger partial charge in [-0.1, -0.05) is 20.6 Å². The van der Waals surface area contributed by atoms with E-state index in [1.54, 1.807) is 0 Å². The molecular formula is C8H16Cl2N4O4Rh. The molecule has 0 rings (SSSR count). The van der Waals surface area contributed by atoms with Crippen molar-refractivity contribution < 1.29 is 36.0 Å². The molecule has 0 aliphatic heterocycles. The summed E-state index contributed by atoms with van der Waals surface area (Å²) in [5, 5.41) is 43.3. The quantitative estimate of drug-likeness (QED) is 0.243. The molecule has 0 heterocycles. The van der Waals surface area contributed by atoms with E-state index in [0.717, 1.165) is 0 Å². The molecule has 0 radical (unpaired) electrons. The second-order valence-electron chi connectivity index (χ2n) is 2.79. The SMILES string of the molecule is CC(=N/O)/C(C)=N/O.CC(=N\O)/C(C)=N/O.[Cl][Rh][Cl]. The number of nitrogens with zero attached hydrogens (tertiary/aromatic N) is 4. The number of halogens is 2. The molecule has 19 heavy (non-hydrogen) atoms. The van der Waals surface area contributed by atoms with Crippen LogP contribution in [0.4, 0.5) is 0 Å². The average Bonchev–Trinajstić information content (AvgIpc) is 2.45. The molecular weight excluding hydrogens is 390 g/mol. The number of hydrogen-bond acceptors (Lipinski definition) is 8. The van der Waals surface area contributed by atoms with Gasteiger partial charge in [-0.25, -0.2) is 0 Å². The molecule has 0 aliphatic rings. The Morgan fingerprint density at radius 1 is 0.632 bits per heavy atom. The molecule has 0 aromatic carbocycles. The summed E-state index contributed by atoms with van der Waals surface area (Å²) in [6, 6.07) is 0. The van der Waals surface area contributed by atoms with Gasteiger partial charge in [0, 0.05) is 0 Å². The zero-order valence-corrected chi connectivity index (χ0v) is 13.8. The van der Waals surface area contributed by atoms with E-state index in [9.17, 15) is 0 Å². The van der Waals surface area contributed by atoms with E-state index in [4.69, 9.17) is 40.2 Å². The van der Waals surface area contributed by atoms with Gasteiger partial charge in [0.05, 0.1) is 0 Å². The predicted molar refractivity (Wildman–Crippen MR) is 71.3 cm³/mol. The van der Waals surface area contributed by atoms with Crippen molar-refractivity contribution in [1.82, 2.24) is 0 Å². The van der Waals surface area contributed by atoms with E-state index in [1.807, 2.05) is 0 Å². The van der Waals surface area contributed by atoms with Gasteiger partial charge in [0.1, 0.15) is 22.8 Å². The first-order valence-electron chi connectivity index (χ1n) is 4.45. The minimum atomic E-state index is -0.226. The fourth-order valence-corrected chi connectivity index (χ4v) is 0.289. The average molecular weight is 406 g/mol. The first-order chi connectivity index (χ1) is 8.85. The first-order valence-corrected chi connectivity index (χ1v) is 8.67. The van der Waals surface area contributed by atoms with Crippen LogP contribution < -0.4 is 0 Å². The molecule has 0 bridgehead atoms. The first kappa shape index (κ1) is 23.2. The van der Waals surface area contributed by atoms with Crippen molar-refractivity contribution in [3.63, 3.8) is 0 Å². The Labute approximate surface area is 126 Å². The van der Waals surface area contributed by atoms with Gasteiger partial charge in [-0.2, -0.15) is 0 Å². The van der Waals surface area contributed by atoms with Crippen LogP contribution in [0, 0.1) is 0 Å². The van der Waals surface area contributed by atoms with Gasteiger partial charge in [0.25, 0.3) is 0 Å². The van der Waals surface area contributed by atoms with Gasteiger partial charge in [0.2, 0.25) is 0 Å². The van der Waals surface area contributed by atoms with Crippen molar-refractivity contribution in [3.8, 4) is 0 Å². The number of hydrogen-bond donors (Lipinski definition) is 4. The number of rotatable bonds is 2. The Balaban J connectivity index is -0.000000224. The topological polar surface area (TPSA) is 130 Å². The minimum absolute atomic E-state index is 0.226. The van der Waals surface area contributed by atoms with Crippen molar-refractivity contribution in [2.75, 3.05) is 0 Å². The second-order valence-corrected chi connectivity index (χ2v) is 5.28. The summed E-state index contributed by atoms with van der Waals surface area (Å²) in [7, 11) is 9.67. The third-order valence-electron chi connectivity index (χ3n) is 1.65. The molecule has 0 saturated carbocycles. The van der Waals surface area contributed by atoms with Gasteiger partial charge in [-0.15, -0.1) is 0 Å². The molecule has 115 valence electrons. The normalized spacial score (nSPS) is 13.2. The maximum absolute atomic E-state index is 8.03. The van der Waals surface area contributed by atoms with E-state index < -0.39 is 0 Å². The molecule has 0 aromatic heterocycles. The van der Waals surface area contributed by atoms with Crippen molar-refractivity contribution in [3.05, 3.63) is 0 Å². The van der Waals surface area contributed by atoms with E-state index in [0.29, 0.717) is 22.8 Å². The van der Waals surface area contributed by atoms with Crippen molar-refractivity contribution in [2.24, 2.45) is 20.6 Å². The van der Waals surface area contributed by atoms with E-state index in [1.165, 1.54) is 27.7 Å². The van der Waals surface area contributed by atoms with Crippen LogP contribution >= 0.6 is 19.4 Å². The van der Waals surface area contributed by atoms with Gasteiger partial charge in [-0.3, -0.25) is 0 Å². The standard InChI is InChI=1S/2C4H8N2O2.2ClH.Rh/c2*1-3(5-7)4(2)6-8;;;/h2*7-8H,1-2H3;2*1H;/q;;;;+2/p-2/b5-3+,6-4+;5-3-,6-4+;;;. The molecule has 11 heteroatoms. The van der Waals surface area contributed by atoms with Crippen LogP contribution in [0.2, 0.25) is 0 Å². The Morgan fingerprint density at radius 3 is 0.789 bits per heavy atom. The van der Waals surface area contributed by atoms with Gasteiger partial charge in [-0.05, 0) is 27.7 Å². The van der Waals surface area contributed by atoms with E-state index in [-0.39, 0.29) is 15.1 Å². The molecule has 0 aliphatic carbocycles. The zero-order valence-electron chi connectivity index (χ0n) is 10.7. The van der Waals surface area contributed by atoms with Crippen molar-refractivity contribution >= 4 is 42.2 Å². The molecule has 0 amide bonds. The molecule has 8 nitrogen and oxygen atoms in total. The molecule has 4 N–H and O–H groups in total. The van der Waals surface area contributed by atoms with Crippen LogP contribution in [0.1, 0.15) is 27.7 Å². The molecule has 0 spiro atoms. The summed E-state index contributed by atoms with van der Waals surface area (Å²) in [4.78, 5) is 0. The van der Waals surface area contributed by atoms with Crippen molar-refractivity contribution in [2.45, 2.75) is 27.7 Å². The fraction of sp³-hybridized carbons (Fsp3) is 0.500.